The van der Waals surface area contributed by atoms with E-state index in [0.29, 0.717) is 5.78 Å². The molecule has 1 aromatic rings. The molecular formula is C19H27NO. The first-order chi connectivity index (χ1) is 10.3. The van der Waals surface area contributed by atoms with E-state index in [1.807, 2.05) is 0 Å². The number of ketones is 1. The molecule has 1 aliphatic carbocycles. The zero-order valence-electron chi connectivity index (χ0n) is 13.2. The second kappa shape index (κ2) is 6.64. The number of Topliss-reactive ketones (excluding diaryl/α,β-unsaturated/α-hetero) is 1. The van der Waals surface area contributed by atoms with Crippen LogP contribution in [-0.2, 0) is 11.2 Å². The molecule has 0 spiro atoms. The molecule has 2 heteroatoms. The fraction of sp³-hybridized carbons (Fsp3) is 0.632. The number of hydrogen-bond acceptors (Lipinski definition) is 2. The lowest BCUT2D eigenvalue weighted by molar-refractivity contribution is -0.125. The van der Waals surface area contributed by atoms with Crippen LogP contribution in [0.15, 0.2) is 24.3 Å². The number of carbonyl (C=O) groups excluding carboxylic acids is 1. The van der Waals surface area contributed by atoms with Crippen LogP contribution < -0.4 is 4.90 Å². The highest BCUT2D eigenvalue weighted by molar-refractivity contribution is 5.82. The first kappa shape index (κ1) is 14.6. The van der Waals surface area contributed by atoms with Crippen LogP contribution in [0.2, 0.25) is 0 Å². The quantitative estimate of drug-likeness (QED) is 0.828. The summed E-state index contributed by atoms with van der Waals surface area (Å²) in [6.07, 6.45) is 7.94. The molecule has 1 aliphatic heterocycles. The minimum atomic E-state index is 0.259. The van der Waals surface area contributed by atoms with Gasteiger partial charge in [0.2, 0.25) is 0 Å². The Morgan fingerprint density at radius 1 is 1.19 bits per heavy atom. The zero-order chi connectivity index (χ0) is 14.7. The van der Waals surface area contributed by atoms with Crippen molar-refractivity contribution in [1.29, 1.82) is 0 Å². The van der Waals surface area contributed by atoms with Gasteiger partial charge >= 0.3 is 0 Å². The van der Waals surface area contributed by atoms with Crippen LogP contribution in [-0.4, -0.2) is 18.9 Å². The largest absolute Gasteiger partial charge is 0.371 e. The maximum absolute atomic E-state index is 12.3. The number of benzene rings is 1. The first-order valence-electron chi connectivity index (χ1n) is 8.63. The van der Waals surface area contributed by atoms with E-state index < -0.39 is 0 Å². The van der Waals surface area contributed by atoms with Crippen LogP contribution in [0.4, 0.5) is 5.69 Å². The van der Waals surface area contributed by atoms with Gasteiger partial charge < -0.3 is 4.90 Å². The smallest absolute Gasteiger partial charge is 0.137 e. The minimum absolute atomic E-state index is 0.259. The summed E-state index contributed by atoms with van der Waals surface area (Å²) < 4.78 is 0. The lowest BCUT2D eigenvalue weighted by atomic mass is 9.79. The highest BCUT2D eigenvalue weighted by Crippen LogP contribution is 2.32. The van der Waals surface area contributed by atoms with Crippen LogP contribution in [0.3, 0.4) is 0 Å². The van der Waals surface area contributed by atoms with Crippen molar-refractivity contribution in [3.63, 3.8) is 0 Å². The highest BCUT2D eigenvalue weighted by Gasteiger charge is 2.30. The molecule has 2 nitrogen and oxygen atoms in total. The molecule has 0 saturated heterocycles. The van der Waals surface area contributed by atoms with Crippen molar-refractivity contribution in [2.24, 2.45) is 11.8 Å². The Morgan fingerprint density at radius 2 is 2.05 bits per heavy atom. The Morgan fingerprint density at radius 3 is 2.90 bits per heavy atom. The van der Waals surface area contributed by atoms with Gasteiger partial charge in [0, 0.05) is 31.1 Å². The fourth-order valence-electron chi connectivity index (χ4n) is 3.97. The molecule has 0 radical (unpaired) electrons. The van der Waals surface area contributed by atoms with Gasteiger partial charge in [0.05, 0.1) is 0 Å². The van der Waals surface area contributed by atoms with E-state index >= 15 is 0 Å². The summed E-state index contributed by atoms with van der Waals surface area (Å²) in [6.45, 7) is 4.31. The van der Waals surface area contributed by atoms with Gasteiger partial charge in [-0.2, -0.15) is 0 Å². The first-order valence-corrected chi connectivity index (χ1v) is 8.63. The van der Waals surface area contributed by atoms with Crippen molar-refractivity contribution < 1.29 is 4.79 Å². The number of fused-ring (bicyclic) bond motifs is 1. The molecule has 1 heterocycles. The predicted molar refractivity (Wildman–Crippen MR) is 87.7 cm³/mol. The minimum Gasteiger partial charge on any atom is -0.371 e. The van der Waals surface area contributed by atoms with Crippen molar-refractivity contribution in [2.75, 3.05) is 18.0 Å². The summed E-state index contributed by atoms with van der Waals surface area (Å²) in [5.74, 6) is 1.52. The number of para-hydroxylation sites is 1. The Bertz CT molecular complexity index is 496. The lowest BCUT2D eigenvalue weighted by Crippen LogP contribution is -2.37. The molecular weight excluding hydrogens is 258 g/mol. The number of anilines is 1. The van der Waals surface area contributed by atoms with E-state index in [2.05, 4.69) is 36.1 Å². The second-order valence-electron chi connectivity index (χ2n) is 6.74. The van der Waals surface area contributed by atoms with Gasteiger partial charge in [-0.25, -0.2) is 0 Å². The standard InChI is InChI=1S/C19H27NO/c1-2-15-10-11-19(21)17(13-15)14-20-12-6-5-8-16-7-3-4-9-18(16)20/h3-4,7,9,15,17H,2,5-6,8,10-14H2,1H3. The molecule has 2 unspecified atom stereocenters. The van der Waals surface area contributed by atoms with Gasteiger partial charge in [0.25, 0.3) is 0 Å². The molecule has 0 N–H and O–H groups in total. The summed E-state index contributed by atoms with van der Waals surface area (Å²) in [6, 6.07) is 8.77. The summed E-state index contributed by atoms with van der Waals surface area (Å²) in [4.78, 5) is 14.8. The van der Waals surface area contributed by atoms with Gasteiger partial charge in [-0.1, -0.05) is 31.5 Å². The molecule has 0 amide bonds. The third-order valence-corrected chi connectivity index (χ3v) is 5.35. The van der Waals surface area contributed by atoms with Gasteiger partial charge in [-0.05, 0) is 49.7 Å². The third-order valence-electron chi connectivity index (χ3n) is 5.35. The third kappa shape index (κ3) is 3.30. The average molecular weight is 285 g/mol. The van der Waals surface area contributed by atoms with Crippen molar-refractivity contribution in [2.45, 2.75) is 51.9 Å². The molecule has 3 rings (SSSR count). The lowest BCUT2D eigenvalue weighted by Gasteiger charge is -2.33. The summed E-state index contributed by atoms with van der Waals surface area (Å²) in [7, 11) is 0. The molecule has 1 saturated carbocycles. The van der Waals surface area contributed by atoms with E-state index in [4.69, 9.17) is 0 Å². The van der Waals surface area contributed by atoms with Crippen LogP contribution in [0, 0.1) is 11.8 Å². The van der Waals surface area contributed by atoms with E-state index in [9.17, 15) is 4.79 Å². The Labute approximate surface area is 128 Å². The number of carbonyl (C=O) groups is 1. The summed E-state index contributed by atoms with van der Waals surface area (Å²) in [5, 5.41) is 0. The molecule has 0 aromatic heterocycles. The van der Waals surface area contributed by atoms with Crippen molar-refractivity contribution in [1.82, 2.24) is 0 Å². The maximum Gasteiger partial charge on any atom is 0.137 e. The summed E-state index contributed by atoms with van der Waals surface area (Å²) >= 11 is 0. The Kier molecular flexibility index (Phi) is 4.62. The van der Waals surface area contributed by atoms with Crippen molar-refractivity contribution in [3.05, 3.63) is 29.8 Å². The Balaban J connectivity index is 1.76. The van der Waals surface area contributed by atoms with E-state index in [1.54, 1.807) is 0 Å². The maximum atomic E-state index is 12.3. The molecule has 1 aromatic carbocycles. The average Bonchev–Trinajstić information content (AvgIpc) is 2.72. The Hall–Kier alpha value is -1.31. The molecule has 21 heavy (non-hydrogen) atoms. The van der Waals surface area contributed by atoms with E-state index in [-0.39, 0.29) is 5.92 Å². The molecule has 2 atom stereocenters. The van der Waals surface area contributed by atoms with E-state index in [0.717, 1.165) is 38.3 Å². The highest BCUT2D eigenvalue weighted by atomic mass is 16.1. The van der Waals surface area contributed by atoms with Crippen LogP contribution in [0.25, 0.3) is 0 Å². The molecule has 0 bridgehead atoms. The predicted octanol–water partition coefficient (Wildman–Crippen LogP) is 4.22. The molecule has 1 fully saturated rings. The van der Waals surface area contributed by atoms with Crippen molar-refractivity contribution >= 4 is 11.5 Å². The topological polar surface area (TPSA) is 20.3 Å². The van der Waals surface area contributed by atoms with Crippen LogP contribution >= 0.6 is 0 Å². The number of nitrogens with zero attached hydrogens (tertiary/aromatic N) is 1. The monoisotopic (exact) mass is 285 g/mol. The van der Waals surface area contributed by atoms with E-state index in [1.165, 1.54) is 36.9 Å². The number of aryl methyl sites for hydroxylation is 1. The normalized spacial score (nSPS) is 26.3. The van der Waals surface area contributed by atoms with Gasteiger partial charge in [0.1, 0.15) is 5.78 Å². The SMILES string of the molecule is CCC1CCC(=O)C(CN2CCCCc3ccccc32)C1. The molecule has 2 aliphatic rings. The van der Waals surface area contributed by atoms with Gasteiger partial charge in [0.15, 0.2) is 0 Å². The molecule has 114 valence electrons. The zero-order valence-corrected chi connectivity index (χ0v) is 13.2. The van der Waals surface area contributed by atoms with Gasteiger partial charge in [-0.15, -0.1) is 0 Å². The number of rotatable bonds is 3. The van der Waals surface area contributed by atoms with Crippen LogP contribution in [0.1, 0.15) is 51.0 Å². The van der Waals surface area contributed by atoms with Crippen LogP contribution in [0.5, 0.6) is 0 Å². The number of hydrogen-bond donors (Lipinski definition) is 0. The fourth-order valence-corrected chi connectivity index (χ4v) is 3.97. The van der Waals surface area contributed by atoms with Gasteiger partial charge in [-0.3, -0.25) is 4.79 Å². The second-order valence-corrected chi connectivity index (χ2v) is 6.74. The summed E-state index contributed by atoms with van der Waals surface area (Å²) in [5.41, 5.74) is 2.84. The van der Waals surface area contributed by atoms with Crippen molar-refractivity contribution in [3.8, 4) is 0 Å².